The fourth-order valence-electron chi connectivity index (χ4n) is 1.43. The lowest BCUT2D eigenvalue weighted by Crippen LogP contribution is -2.60. The van der Waals surface area contributed by atoms with E-state index < -0.39 is 42.8 Å². The van der Waals surface area contributed by atoms with Crippen molar-refractivity contribution in [3.05, 3.63) is 22.4 Å². The highest BCUT2D eigenvalue weighted by Gasteiger charge is 2.81. The van der Waals surface area contributed by atoms with E-state index in [-0.39, 0.29) is 6.61 Å². The van der Waals surface area contributed by atoms with E-state index >= 15 is 0 Å². The third-order valence-corrected chi connectivity index (χ3v) is 3.56. The van der Waals surface area contributed by atoms with Crippen LogP contribution in [0.2, 0.25) is 0 Å². The minimum Gasteiger partial charge on any atom is -0.461 e. The number of carbonyl (C=O) groups is 1. The van der Waals surface area contributed by atoms with Gasteiger partial charge >= 0.3 is 29.9 Å². The zero-order chi connectivity index (χ0) is 18.8. The van der Waals surface area contributed by atoms with Crippen molar-refractivity contribution in [3.8, 4) is 0 Å². The van der Waals surface area contributed by atoms with E-state index in [1.165, 1.54) is 22.8 Å². The summed E-state index contributed by atoms with van der Waals surface area (Å²) in [7, 11) is 0. The molecule has 0 aliphatic heterocycles. The van der Waals surface area contributed by atoms with Gasteiger partial charge in [-0.1, -0.05) is 0 Å². The third-order valence-electron chi connectivity index (χ3n) is 2.83. The number of esters is 1. The number of alkyl halides is 9. The maximum absolute atomic E-state index is 13.2. The zero-order valence-corrected chi connectivity index (χ0v) is 12.3. The molecule has 0 fully saturated rings. The summed E-state index contributed by atoms with van der Waals surface area (Å²) in [4.78, 5) is 11.2. The molecule has 1 aromatic rings. The molecule has 2 nitrogen and oxygen atoms in total. The number of hydrogen-bond acceptors (Lipinski definition) is 3. The van der Waals surface area contributed by atoms with E-state index in [1.807, 2.05) is 0 Å². The third kappa shape index (κ3) is 4.14. The second-order valence-corrected chi connectivity index (χ2v) is 5.42. The van der Waals surface area contributed by atoms with Gasteiger partial charge in [0.2, 0.25) is 0 Å². The van der Waals surface area contributed by atoms with Crippen LogP contribution in [0.25, 0.3) is 0 Å². The second-order valence-electron chi connectivity index (χ2n) is 4.64. The van der Waals surface area contributed by atoms with Crippen LogP contribution >= 0.6 is 11.3 Å². The molecule has 1 heterocycles. The summed E-state index contributed by atoms with van der Waals surface area (Å²) in [6, 6.07) is 1.50. The Labute approximate surface area is 133 Å². The van der Waals surface area contributed by atoms with Crippen LogP contribution in [0.4, 0.5) is 39.5 Å². The minimum absolute atomic E-state index is 0.372. The monoisotopic (exact) mass is 388 g/mol. The van der Waals surface area contributed by atoms with Crippen LogP contribution in [0, 0.1) is 0 Å². The predicted octanol–water partition coefficient (Wildman–Crippen LogP) is 5.04. The van der Waals surface area contributed by atoms with Crippen molar-refractivity contribution in [1.29, 1.82) is 0 Å². The highest BCUT2D eigenvalue weighted by Crippen LogP contribution is 2.54. The van der Waals surface area contributed by atoms with E-state index in [4.69, 9.17) is 0 Å². The Morgan fingerprint density at radius 2 is 1.58 bits per heavy atom. The largest absolute Gasteiger partial charge is 0.461 e. The van der Waals surface area contributed by atoms with Gasteiger partial charge in [-0.25, -0.2) is 0 Å². The first-order valence-corrected chi connectivity index (χ1v) is 7.03. The average Bonchev–Trinajstić information content (AvgIpc) is 2.94. The number of rotatable bonds is 7. The molecule has 0 amide bonds. The Morgan fingerprint density at radius 3 is 2.04 bits per heavy atom. The zero-order valence-electron chi connectivity index (χ0n) is 11.5. The summed E-state index contributed by atoms with van der Waals surface area (Å²) in [6.07, 6.45) is -10.6. The molecule has 1 rings (SSSR count). The molecule has 1 aromatic heterocycles. The molecule has 24 heavy (non-hydrogen) atoms. The van der Waals surface area contributed by atoms with Gasteiger partial charge in [0.05, 0.1) is 6.42 Å². The van der Waals surface area contributed by atoms with E-state index in [0.29, 0.717) is 5.56 Å². The SMILES string of the molecule is O=C(CCC(F)(F)C(F)(F)C(F)(F)C(F)(F)F)OCc1ccsc1. The van der Waals surface area contributed by atoms with Crippen LogP contribution < -0.4 is 0 Å². The Morgan fingerprint density at radius 1 is 1.00 bits per heavy atom. The summed E-state index contributed by atoms with van der Waals surface area (Å²) < 4.78 is 118. The number of halogens is 9. The fourth-order valence-corrected chi connectivity index (χ4v) is 2.09. The molecular formula is C12H9F9O2S. The lowest BCUT2D eigenvalue weighted by Gasteiger charge is -2.33. The minimum atomic E-state index is -6.95. The van der Waals surface area contributed by atoms with Crippen LogP contribution in [0.3, 0.4) is 0 Å². The Balaban J connectivity index is 2.69. The van der Waals surface area contributed by atoms with Gasteiger partial charge < -0.3 is 4.74 Å². The second kappa shape index (κ2) is 6.81. The van der Waals surface area contributed by atoms with E-state index in [0.717, 1.165) is 0 Å². The van der Waals surface area contributed by atoms with Gasteiger partial charge in [0, 0.05) is 12.0 Å². The molecule has 0 saturated heterocycles. The number of hydrogen-bond donors (Lipinski definition) is 0. The first-order chi connectivity index (χ1) is 10.7. The smallest absolute Gasteiger partial charge is 0.460 e. The van der Waals surface area contributed by atoms with Crippen molar-refractivity contribution in [3.63, 3.8) is 0 Å². The van der Waals surface area contributed by atoms with Crippen LogP contribution in [0.15, 0.2) is 16.8 Å². The van der Waals surface area contributed by atoms with Gasteiger partial charge in [0.1, 0.15) is 6.61 Å². The molecule has 0 N–H and O–H groups in total. The Hall–Kier alpha value is -1.46. The summed E-state index contributed by atoms with van der Waals surface area (Å²) in [5.41, 5.74) is 0.467. The summed E-state index contributed by atoms with van der Waals surface area (Å²) >= 11 is 1.22. The van der Waals surface area contributed by atoms with Crippen LogP contribution in [-0.4, -0.2) is 29.9 Å². The van der Waals surface area contributed by atoms with E-state index in [1.54, 1.807) is 5.38 Å². The van der Waals surface area contributed by atoms with Gasteiger partial charge in [0.15, 0.2) is 0 Å². The van der Waals surface area contributed by atoms with Gasteiger partial charge in [0.25, 0.3) is 0 Å². The quantitative estimate of drug-likeness (QED) is 0.483. The lowest BCUT2D eigenvalue weighted by atomic mass is 10.00. The Bertz CT molecular complexity index is 551. The maximum atomic E-state index is 13.2. The highest BCUT2D eigenvalue weighted by molar-refractivity contribution is 7.07. The molecular weight excluding hydrogens is 379 g/mol. The van der Waals surface area contributed by atoms with Gasteiger partial charge in [-0.3, -0.25) is 4.79 Å². The number of thiophene rings is 1. The van der Waals surface area contributed by atoms with Crippen LogP contribution in [0.1, 0.15) is 18.4 Å². The molecule has 0 aliphatic carbocycles. The number of carbonyl (C=O) groups excluding carboxylic acids is 1. The molecule has 0 radical (unpaired) electrons. The lowest BCUT2D eigenvalue weighted by molar-refractivity contribution is -0.396. The van der Waals surface area contributed by atoms with Crippen molar-refractivity contribution in [2.45, 2.75) is 43.4 Å². The molecule has 0 bridgehead atoms. The first-order valence-electron chi connectivity index (χ1n) is 6.09. The van der Waals surface area contributed by atoms with Gasteiger partial charge in [-0.2, -0.15) is 50.9 Å². The summed E-state index contributed by atoms with van der Waals surface area (Å²) in [5.74, 6) is -20.9. The Kier molecular flexibility index (Phi) is 5.84. The maximum Gasteiger partial charge on any atom is 0.460 e. The van der Waals surface area contributed by atoms with Crippen molar-refractivity contribution in [1.82, 2.24) is 0 Å². The van der Waals surface area contributed by atoms with Crippen LogP contribution in [-0.2, 0) is 16.1 Å². The molecule has 0 saturated carbocycles. The van der Waals surface area contributed by atoms with Crippen molar-refractivity contribution < 1.29 is 49.0 Å². The molecule has 12 heteroatoms. The van der Waals surface area contributed by atoms with Crippen molar-refractivity contribution in [2.24, 2.45) is 0 Å². The highest BCUT2D eigenvalue weighted by atomic mass is 32.1. The van der Waals surface area contributed by atoms with E-state index in [2.05, 4.69) is 4.74 Å². The predicted molar refractivity (Wildman–Crippen MR) is 64.2 cm³/mol. The standard InChI is InChI=1S/C12H9F9O2S/c13-9(14,10(15,16)11(17,18)12(19,20)21)3-1-8(22)23-5-7-2-4-24-6-7/h2,4,6H,1,3,5H2. The van der Waals surface area contributed by atoms with Crippen molar-refractivity contribution in [2.75, 3.05) is 0 Å². The van der Waals surface area contributed by atoms with Gasteiger partial charge in [-0.05, 0) is 16.8 Å². The van der Waals surface area contributed by atoms with Gasteiger partial charge in [-0.15, -0.1) is 0 Å². The fraction of sp³-hybridized carbons (Fsp3) is 0.583. The molecule has 0 aliphatic rings. The molecule has 0 unspecified atom stereocenters. The molecule has 0 spiro atoms. The van der Waals surface area contributed by atoms with E-state index in [9.17, 15) is 44.3 Å². The topological polar surface area (TPSA) is 26.3 Å². The van der Waals surface area contributed by atoms with Crippen molar-refractivity contribution >= 4 is 17.3 Å². The molecule has 0 aromatic carbocycles. The summed E-state index contributed by atoms with van der Waals surface area (Å²) in [6.45, 7) is -0.372. The van der Waals surface area contributed by atoms with Crippen LogP contribution in [0.5, 0.6) is 0 Å². The molecule has 138 valence electrons. The molecule has 0 atom stereocenters. The first kappa shape index (κ1) is 20.6. The summed E-state index contributed by atoms with van der Waals surface area (Å²) in [5, 5.41) is 3.12. The average molecular weight is 388 g/mol. The number of ether oxygens (including phenoxy) is 1. The normalized spacial score (nSPS) is 13.9.